The van der Waals surface area contributed by atoms with Crippen LogP contribution in [0.5, 0.6) is 0 Å². The second-order valence-electron chi connectivity index (χ2n) is 3.24. The Labute approximate surface area is 83.8 Å². The van der Waals surface area contributed by atoms with E-state index >= 15 is 0 Å². The third-order valence-electron chi connectivity index (χ3n) is 2.03. The van der Waals surface area contributed by atoms with Gasteiger partial charge in [-0.1, -0.05) is 36.8 Å². The standard InChI is InChI=1S/C11H15NO2/c1-3-12-10(11(13)14)9-6-4-5-8(2)7-9/h4-7,10,12H,3H2,1-2H3,(H,13,14). The zero-order valence-electron chi connectivity index (χ0n) is 8.45. The maximum Gasteiger partial charge on any atom is 0.325 e. The smallest absolute Gasteiger partial charge is 0.325 e. The largest absolute Gasteiger partial charge is 0.480 e. The van der Waals surface area contributed by atoms with Crippen molar-refractivity contribution in [3.8, 4) is 0 Å². The molecule has 0 saturated carbocycles. The molecule has 0 saturated heterocycles. The highest BCUT2D eigenvalue weighted by Gasteiger charge is 2.17. The third kappa shape index (κ3) is 2.57. The van der Waals surface area contributed by atoms with Gasteiger partial charge in [-0.05, 0) is 19.0 Å². The van der Waals surface area contributed by atoms with Gasteiger partial charge in [0.2, 0.25) is 0 Å². The first-order valence-corrected chi connectivity index (χ1v) is 4.68. The summed E-state index contributed by atoms with van der Waals surface area (Å²) in [6.45, 7) is 4.49. The lowest BCUT2D eigenvalue weighted by Crippen LogP contribution is -2.28. The zero-order chi connectivity index (χ0) is 10.6. The molecule has 0 aromatic heterocycles. The maximum absolute atomic E-state index is 10.9. The first kappa shape index (κ1) is 10.7. The first-order valence-electron chi connectivity index (χ1n) is 4.68. The Bertz CT molecular complexity index is 323. The Morgan fingerprint density at radius 2 is 2.29 bits per heavy atom. The number of nitrogens with one attached hydrogen (secondary N) is 1. The second-order valence-corrected chi connectivity index (χ2v) is 3.24. The van der Waals surface area contributed by atoms with Crippen LogP contribution in [0.25, 0.3) is 0 Å². The predicted molar refractivity (Wildman–Crippen MR) is 55.2 cm³/mol. The fraction of sp³-hybridized carbons (Fsp3) is 0.364. The summed E-state index contributed by atoms with van der Waals surface area (Å²) in [5.74, 6) is -0.836. The number of hydrogen-bond acceptors (Lipinski definition) is 2. The van der Waals surface area contributed by atoms with Gasteiger partial charge >= 0.3 is 5.97 Å². The molecular weight excluding hydrogens is 178 g/mol. The fourth-order valence-corrected chi connectivity index (χ4v) is 1.40. The predicted octanol–water partition coefficient (Wildman–Crippen LogP) is 1.73. The summed E-state index contributed by atoms with van der Waals surface area (Å²) >= 11 is 0. The van der Waals surface area contributed by atoms with Crippen molar-refractivity contribution >= 4 is 5.97 Å². The average molecular weight is 193 g/mol. The van der Waals surface area contributed by atoms with E-state index in [0.717, 1.165) is 11.1 Å². The summed E-state index contributed by atoms with van der Waals surface area (Å²) in [4.78, 5) is 10.9. The van der Waals surface area contributed by atoms with Crippen LogP contribution in [0.4, 0.5) is 0 Å². The average Bonchev–Trinajstić information content (AvgIpc) is 2.13. The van der Waals surface area contributed by atoms with Crippen molar-refractivity contribution < 1.29 is 9.90 Å². The molecule has 0 radical (unpaired) electrons. The lowest BCUT2D eigenvalue weighted by Gasteiger charge is -2.13. The molecule has 1 atom stereocenters. The molecule has 0 aliphatic carbocycles. The van der Waals surface area contributed by atoms with Crippen LogP contribution in [-0.4, -0.2) is 17.6 Å². The number of likely N-dealkylation sites (N-methyl/N-ethyl adjacent to an activating group) is 1. The molecule has 0 aliphatic rings. The number of carboxylic acids is 1. The number of aliphatic carboxylic acids is 1. The van der Waals surface area contributed by atoms with Crippen LogP contribution < -0.4 is 5.32 Å². The molecule has 14 heavy (non-hydrogen) atoms. The van der Waals surface area contributed by atoms with E-state index in [4.69, 9.17) is 5.11 Å². The lowest BCUT2D eigenvalue weighted by atomic mass is 10.0. The Hall–Kier alpha value is -1.35. The molecule has 0 amide bonds. The van der Waals surface area contributed by atoms with E-state index in [1.807, 2.05) is 38.1 Å². The minimum absolute atomic E-state index is 0.597. The summed E-state index contributed by atoms with van der Waals surface area (Å²) in [5.41, 5.74) is 1.88. The van der Waals surface area contributed by atoms with Gasteiger partial charge in [0.1, 0.15) is 6.04 Å². The molecule has 1 aromatic carbocycles. The number of benzene rings is 1. The van der Waals surface area contributed by atoms with Crippen molar-refractivity contribution in [2.75, 3.05) is 6.54 Å². The Kier molecular flexibility index (Phi) is 3.65. The first-order chi connectivity index (χ1) is 6.65. The molecular formula is C11H15NO2. The van der Waals surface area contributed by atoms with Crippen LogP contribution in [0.2, 0.25) is 0 Å². The number of rotatable bonds is 4. The maximum atomic E-state index is 10.9. The van der Waals surface area contributed by atoms with Gasteiger partial charge in [0.05, 0.1) is 0 Å². The van der Waals surface area contributed by atoms with E-state index in [0.29, 0.717) is 6.54 Å². The van der Waals surface area contributed by atoms with E-state index < -0.39 is 12.0 Å². The number of hydrogen-bond donors (Lipinski definition) is 2. The Morgan fingerprint density at radius 3 is 2.79 bits per heavy atom. The van der Waals surface area contributed by atoms with Crippen LogP contribution >= 0.6 is 0 Å². The molecule has 1 aromatic rings. The Balaban J connectivity index is 2.93. The van der Waals surface area contributed by atoms with Gasteiger partial charge in [-0.15, -0.1) is 0 Å². The van der Waals surface area contributed by atoms with Crippen molar-refractivity contribution in [2.45, 2.75) is 19.9 Å². The van der Waals surface area contributed by atoms with Crippen LogP contribution in [-0.2, 0) is 4.79 Å². The fourth-order valence-electron chi connectivity index (χ4n) is 1.40. The summed E-state index contributed by atoms with van der Waals surface area (Å²) < 4.78 is 0. The van der Waals surface area contributed by atoms with Gasteiger partial charge in [0.25, 0.3) is 0 Å². The van der Waals surface area contributed by atoms with Crippen LogP contribution in [0.3, 0.4) is 0 Å². The minimum atomic E-state index is -0.836. The van der Waals surface area contributed by atoms with Crippen LogP contribution in [0.1, 0.15) is 24.1 Å². The monoisotopic (exact) mass is 193 g/mol. The normalized spacial score (nSPS) is 12.4. The van der Waals surface area contributed by atoms with Crippen molar-refractivity contribution in [3.63, 3.8) is 0 Å². The van der Waals surface area contributed by atoms with Crippen molar-refractivity contribution in [3.05, 3.63) is 35.4 Å². The number of carboxylic acid groups (broad SMARTS) is 1. The molecule has 2 N–H and O–H groups in total. The van der Waals surface area contributed by atoms with Gasteiger partial charge in [0, 0.05) is 0 Å². The van der Waals surface area contributed by atoms with Crippen molar-refractivity contribution in [1.29, 1.82) is 0 Å². The summed E-state index contributed by atoms with van der Waals surface area (Å²) in [6, 6.07) is 6.95. The van der Waals surface area contributed by atoms with Crippen molar-refractivity contribution in [2.24, 2.45) is 0 Å². The SMILES string of the molecule is CCNC(C(=O)O)c1cccc(C)c1. The van der Waals surface area contributed by atoms with E-state index in [-0.39, 0.29) is 0 Å². The van der Waals surface area contributed by atoms with Gasteiger partial charge in [0.15, 0.2) is 0 Å². The number of aryl methyl sites for hydroxylation is 1. The van der Waals surface area contributed by atoms with Gasteiger partial charge in [-0.25, -0.2) is 0 Å². The molecule has 0 bridgehead atoms. The van der Waals surface area contributed by atoms with E-state index in [1.54, 1.807) is 0 Å². The molecule has 3 nitrogen and oxygen atoms in total. The van der Waals surface area contributed by atoms with Crippen molar-refractivity contribution in [1.82, 2.24) is 5.32 Å². The minimum Gasteiger partial charge on any atom is -0.480 e. The van der Waals surface area contributed by atoms with Gasteiger partial charge < -0.3 is 10.4 Å². The Morgan fingerprint density at radius 1 is 1.57 bits per heavy atom. The van der Waals surface area contributed by atoms with Crippen LogP contribution in [0.15, 0.2) is 24.3 Å². The van der Waals surface area contributed by atoms with E-state index in [2.05, 4.69) is 5.32 Å². The lowest BCUT2D eigenvalue weighted by molar-refractivity contribution is -0.139. The molecule has 3 heteroatoms. The highest BCUT2D eigenvalue weighted by molar-refractivity contribution is 5.75. The third-order valence-corrected chi connectivity index (χ3v) is 2.03. The second kappa shape index (κ2) is 4.77. The molecule has 1 unspecified atom stereocenters. The topological polar surface area (TPSA) is 49.3 Å². The molecule has 0 fully saturated rings. The van der Waals surface area contributed by atoms with Crippen LogP contribution in [0, 0.1) is 6.92 Å². The van der Waals surface area contributed by atoms with Gasteiger partial charge in [-0.2, -0.15) is 0 Å². The quantitative estimate of drug-likeness (QED) is 0.765. The highest BCUT2D eigenvalue weighted by Crippen LogP contribution is 2.14. The molecule has 76 valence electrons. The zero-order valence-corrected chi connectivity index (χ0v) is 8.45. The van der Waals surface area contributed by atoms with E-state index in [1.165, 1.54) is 0 Å². The summed E-state index contributed by atoms with van der Waals surface area (Å²) in [7, 11) is 0. The molecule has 0 aliphatic heterocycles. The molecule has 0 spiro atoms. The molecule has 1 rings (SSSR count). The molecule has 0 heterocycles. The number of carbonyl (C=O) groups is 1. The van der Waals surface area contributed by atoms with E-state index in [9.17, 15) is 4.79 Å². The van der Waals surface area contributed by atoms with Gasteiger partial charge in [-0.3, -0.25) is 4.79 Å². The summed E-state index contributed by atoms with van der Waals surface area (Å²) in [6.07, 6.45) is 0. The highest BCUT2D eigenvalue weighted by atomic mass is 16.4. The summed E-state index contributed by atoms with van der Waals surface area (Å²) in [5, 5.41) is 11.9.